The zero-order valence-corrected chi connectivity index (χ0v) is 12.5. The van der Waals surface area contributed by atoms with Crippen molar-refractivity contribution in [2.75, 3.05) is 25.5 Å². The highest BCUT2D eigenvalue weighted by atomic mass is 35.5. The van der Waals surface area contributed by atoms with E-state index >= 15 is 0 Å². The minimum Gasteiger partial charge on any atom is -0.369 e. The van der Waals surface area contributed by atoms with Gasteiger partial charge in [-0.15, -0.1) is 11.3 Å². The Morgan fingerprint density at radius 1 is 1.53 bits per heavy atom. The summed E-state index contributed by atoms with van der Waals surface area (Å²) in [4.78, 5) is 10.9. The van der Waals surface area contributed by atoms with Crippen molar-refractivity contribution in [3.05, 3.63) is 16.7 Å². The standard InChI is InChI=1S/C13H17ClN4S/c1-18-7-2-3-9(18)4-6-15-12-11-10(5-8-19-11)16-13(14)17-12/h5,8-9H,2-4,6-7H2,1H3,(H,15,16,17). The third kappa shape index (κ3) is 2.83. The molecule has 3 rings (SSSR count). The molecule has 2 aromatic rings. The van der Waals surface area contributed by atoms with Crippen molar-refractivity contribution < 1.29 is 0 Å². The van der Waals surface area contributed by atoms with Crippen LogP contribution in [0.2, 0.25) is 5.28 Å². The molecule has 0 radical (unpaired) electrons. The summed E-state index contributed by atoms with van der Waals surface area (Å²) < 4.78 is 1.09. The maximum atomic E-state index is 5.94. The van der Waals surface area contributed by atoms with E-state index in [9.17, 15) is 0 Å². The third-order valence-corrected chi connectivity index (χ3v) is 4.80. The molecule has 102 valence electrons. The Morgan fingerprint density at radius 2 is 2.42 bits per heavy atom. The summed E-state index contributed by atoms with van der Waals surface area (Å²) in [6.45, 7) is 2.15. The first-order valence-electron chi connectivity index (χ1n) is 6.59. The maximum absolute atomic E-state index is 5.94. The van der Waals surface area contributed by atoms with Gasteiger partial charge < -0.3 is 10.2 Å². The summed E-state index contributed by atoms with van der Waals surface area (Å²) >= 11 is 7.59. The Bertz CT molecular complexity index is 571. The van der Waals surface area contributed by atoms with Gasteiger partial charge in [-0.3, -0.25) is 0 Å². The predicted molar refractivity (Wildman–Crippen MR) is 81.2 cm³/mol. The SMILES string of the molecule is CN1CCCC1CCNc1nc(Cl)nc2ccsc12. The average molecular weight is 297 g/mol. The summed E-state index contributed by atoms with van der Waals surface area (Å²) in [6.07, 6.45) is 3.76. The summed E-state index contributed by atoms with van der Waals surface area (Å²) in [5, 5.41) is 5.74. The molecule has 4 nitrogen and oxygen atoms in total. The minimum atomic E-state index is 0.311. The van der Waals surface area contributed by atoms with E-state index in [0.717, 1.165) is 29.0 Å². The van der Waals surface area contributed by atoms with E-state index in [1.807, 2.05) is 11.4 Å². The zero-order valence-electron chi connectivity index (χ0n) is 10.9. The van der Waals surface area contributed by atoms with Gasteiger partial charge in [-0.1, -0.05) is 0 Å². The van der Waals surface area contributed by atoms with E-state index in [4.69, 9.17) is 11.6 Å². The number of aromatic nitrogens is 2. The van der Waals surface area contributed by atoms with Crippen molar-refractivity contribution in [3.63, 3.8) is 0 Å². The van der Waals surface area contributed by atoms with E-state index in [1.165, 1.54) is 19.4 Å². The summed E-state index contributed by atoms with van der Waals surface area (Å²) in [5.41, 5.74) is 0.922. The molecule has 0 aromatic carbocycles. The Balaban J connectivity index is 1.66. The summed E-state index contributed by atoms with van der Waals surface area (Å²) in [6, 6.07) is 2.67. The van der Waals surface area contributed by atoms with Gasteiger partial charge in [0.2, 0.25) is 5.28 Å². The van der Waals surface area contributed by atoms with Gasteiger partial charge in [0, 0.05) is 12.6 Å². The lowest BCUT2D eigenvalue weighted by Gasteiger charge is -2.19. The first-order valence-corrected chi connectivity index (χ1v) is 7.84. The van der Waals surface area contributed by atoms with Crippen LogP contribution in [0.15, 0.2) is 11.4 Å². The van der Waals surface area contributed by atoms with Crippen LogP contribution in [0.3, 0.4) is 0 Å². The Labute approximate surface area is 121 Å². The second-order valence-corrected chi connectivity index (χ2v) is 6.22. The number of thiophene rings is 1. The number of rotatable bonds is 4. The number of hydrogen-bond acceptors (Lipinski definition) is 5. The predicted octanol–water partition coefficient (Wildman–Crippen LogP) is 3.24. The fourth-order valence-electron chi connectivity index (χ4n) is 2.66. The molecule has 1 fully saturated rings. The van der Waals surface area contributed by atoms with Crippen molar-refractivity contribution >= 4 is 39.0 Å². The molecule has 6 heteroatoms. The Hall–Kier alpha value is -0.910. The number of likely N-dealkylation sites (tertiary alicyclic amines) is 1. The summed E-state index contributed by atoms with van der Waals surface area (Å²) in [7, 11) is 2.21. The van der Waals surface area contributed by atoms with Crippen LogP contribution in [0.1, 0.15) is 19.3 Å². The highest BCUT2D eigenvalue weighted by Crippen LogP contribution is 2.27. The lowest BCUT2D eigenvalue weighted by Crippen LogP contribution is -2.27. The van der Waals surface area contributed by atoms with Crippen LogP contribution in [0, 0.1) is 0 Å². The number of nitrogens with zero attached hydrogens (tertiary/aromatic N) is 3. The van der Waals surface area contributed by atoms with Crippen LogP contribution < -0.4 is 5.32 Å². The molecule has 1 aliphatic rings. The second kappa shape index (κ2) is 5.61. The van der Waals surface area contributed by atoms with Gasteiger partial charge in [-0.2, -0.15) is 4.98 Å². The van der Waals surface area contributed by atoms with E-state index in [-0.39, 0.29) is 0 Å². The van der Waals surface area contributed by atoms with Gasteiger partial charge in [-0.25, -0.2) is 4.98 Å². The van der Waals surface area contributed by atoms with Gasteiger partial charge in [0.1, 0.15) is 5.82 Å². The molecule has 1 atom stereocenters. The molecule has 3 heterocycles. The van der Waals surface area contributed by atoms with Gasteiger partial charge in [0.25, 0.3) is 0 Å². The molecule has 0 saturated carbocycles. The fraction of sp³-hybridized carbons (Fsp3) is 0.538. The van der Waals surface area contributed by atoms with Gasteiger partial charge in [0.15, 0.2) is 0 Å². The quantitative estimate of drug-likeness (QED) is 0.880. The minimum absolute atomic E-state index is 0.311. The lowest BCUT2D eigenvalue weighted by atomic mass is 10.1. The van der Waals surface area contributed by atoms with Crippen molar-refractivity contribution in [1.82, 2.24) is 14.9 Å². The molecule has 1 aliphatic heterocycles. The zero-order chi connectivity index (χ0) is 13.2. The Morgan fingerprint density at radius 3 is 3.21 bits per heavy atom. The molecular weight excluding hydrogens is 280 g/mol. The Kier molecular flexibility index (Phi) is 3.86. The summed E-state index contributed by atoms with van der Waals surface area (Å²) in [5.74, 6) is 0.866. The largest absolute Gasteiger partial charge is 0.369 e. The number of fused-ring (bicyclic) bond motifs is 1. The molecule has 0 bridgehead atoms. The molecule has 1 saturated heterocycles. The smallest absolute Gasteiger partial charge is 0.224 e. The molecule has 1 N–H and O–H groups in total. The highest BCUT2D eigenvalue weighted by molar-refractivity contribution is 7.17. The highest BCUT2D eigenvalue weighted by Gasteiger charge is 2.20. The molecule has 0 aliphatic carbocycles. The van der Waals surface area contributed by atoms with Gasteiger partial charge in [-0.05, 0) is 55.9 Å². The third-order valence-electron chi connectivity index (χ3n) is 3.72. The maximum Gasteiger partial charge on any atom is 0.224 e. The van der Waals surface area contributed by atoms with Crippen LogP contribution in [-0.4, -0.2) is 41.0 Å². The number of anilines is 1. The van der Waals surface area contributed by atoms with E-state index in [0.29, 0.717) is 11.3 Å². The van der Waals surface area contributed by atoms with Crippen LogP contribution >= 0.6 is 22.9 Å². The van der Waals surface area contributed by atoms with Gasteiger partial charge >= 0.3 is 0 Å². The molecule has 2 aromatic heterocycles. The second-order valence-electron chi connectivity index (χ2n) is 4.97. The first-order chi connectivity index (χ1) is 9.24. The van der Waals surface area contributed by atoms with Crippen molar-refractivity contribution in [2.45, 2.75) is 25.3 Å². The molecule has 1 unspecified atom stereocenters. The first kappa shape index (κ1) is 13.1. The molecule has 0 spiro atoms. The van der Waals surface area contributed by atoms with Crippen LogP contribution in [-0.2, 0) is 0 Å². The van der Waals surface area contributed by atoms with Crippen LogP contribution in [0.25, 0.3) is 10.2 Å². The average Bonchev–Trinajstić information content (AvgIpc) is 2.98. The lowest BCUT2D eigenvalue weighted by molar-refractivity contribution is 0.301. The molecule has 0 amide bonds. The van der Waals surface area contributed by atoms with Crippen LogP contribution in [0.4, 0.5) is 5.82 Å². The van der Waals surface area contributed by atoms with Crippen LogP contribution in [0.5, 0.6) is 0 Å². The number of nitrogens with one attached hydrogen (secondary N) is 1. The number of halogens is 1. The van der Waals surface area contributed by atoms with E-state index < -0.39 is 0 Å². The van der Waals surface area contributed by atoms with E-state index in [2.05, 4.69) is 27.2 Å². The molecule has 19 heavy (non-hydrogen) atoms. The topological polar surface area (TPSA) is 41.0 Å². The fourth-order valence-corrected chi connectivity index (χ4v) is 3.63. The van der Waals surface area contributed by atoms with Gasteiger partial charge in [0.05, 0.1) is 10.2 Å². The normalized spacial score (nSPS) is 20.2. The number of hydrogen-bond donors (Lipinski definition) is 1. The van der Waals surface area contributed by atoms with Crippen molar-refractivity contribution in [2.24, 2.45) is 0 Å². The van der Waals surface area contributed by atoms with Crippen molar-refractivity contribution in [3.8, 4) is 0 Å². The van der Waals surface area contributed by atoms with Crippen molar-refractivity contribution in [1.29, 1.82) is 0 Å². The monoisotopic (exact) mass is 296 g/mol. The van der Waals surface area contributed by atoms with E-state index in [1.54, 1.807) is 11.3 Å². The molecular formula is C13H17ClN4S.